The van der Waals surface area contributed by atoms with Crippen molar-refractivity contribution in [3.63, 3.8) is 0 Å². The predicted molar refractivity (Wildman–Crippen MR) is 77.0 cm³/mol. The largest absolute Gasteiger partial charge is 0.296 e. The molecule has 0 spiro atoms. The minimum Gasteiger partial charge on any atom is -0.296 e. The number of benzene rings is 1. The first-order valence-corrected chi connectivity index (χ1v) is 7.64. The van der Waals surface area contributed by atoms with Gasteiger partial charge in [0.2, 0.25) is 11.8 Å². The molecule has 1 N–H and O–H groups in total. The number of imide groups is 1. The highest BCUT2D eigenvalue weighted by molar-refractivity contribution is 6.01. The lowest BCUT2D eigenvalue weighted by Gasteiger charge is -2.37. The van der Waals surface area contributed by atoms with Crippen LogP contribution in [-0.4, -0.2) is 11.8 Å². The van der Waals surface area contributed by atoms with Crippen molar-refractivity contribution in [3.8, 4) is 0 Å². The van der Waals surface area contributed by atoms with Gasteiger partial charge in [-0.05, 0) is 17.4 Å². The van der Waals surface area contributed by atoms with E-state index in [1.807, 2.05) is 30.3 Å². The molecule has 2 atom stereocenters. The summed E-state index contributed by atoms with van der Waals surface area (Å²) < 4.78 is 0. The van der Waals surface area contributed by atoms with Crippen LogP contribution in [0.4, 0.5) is 0 Å². The SMILES string of the molecule is O=C1CC(C2CCCCC2)C(c2ccccc2)C(=O)N1. The van der Waals surface area contributed by atoms with E-state index >= 15 is 0 Å². The van der Waals surface area contributed by atoms with Gasteiger partial charge in [0.25, 0.3) is 0 Å². The van der Waals surface area contributed by atoms with Crippen molar-refractivity contribution in [1.82, 2.24) is 5.32 Å². The van der Waals surface area contributed by atoms with Gasteiger partial charge in [-0.2, -0.15) is 0 Å². The van der Waals surface area contributed by atoms with Crippen molar-refractivity contribution >= 4 is 11.8 Å². The summed E-state index contributed by atoms with van der Waals surface area (Å²) in [5, 5.41) is 2.52. The fourth-order valence-electron chi connectivity index (χ4n) is 3.85. The second-order valence-corrected chi connectivity index (χ2v) is 6.07. The summed E-state index contributed by atoms with van der Waals surface area (Å²) in [6, 6.07) is 9.92. The molecule has 2 amide bonds. The van der Waals surface area contributed by atoms with E-state index in [1.165, 1.54) is 19.3 Å². The molecule has 1 aliphatic heterocycles. The topological polar surface area (TPSA) is 46.2 Å². The van der Waals surface area contributed by atoms with Crippen LogP contribution in [0.25, 0.3) is 0 Å². The maximum atomic E-state index is 12.3. The van der Waals surface area contributed by atoms with E-state index in [0.29, 0.717) is 12.3 Å². The molecule has 2 fully saturated rings. The van der Waals surface area contributed by atoms with E-state index in [4.69, 9.17) is 0 Å². The van der Waals surface area contributed by atoms with Crippen molar-refractivity contribution in [2.45, 2.75) is 44.4 Å². The Morgan fingerprint density at radius 1 is 0.950 bits per heavy atom. The van der Waals surface area contributed by atoms with Crippen molar-refractivity contribution in [1.29, 1.82) is 0 Å². The van der Waals surface area contributed by atoms with Crippen LogP contribution in [0.1, 0.15) is 50.0 Å². The van der Waals surface area contributed by atoms with E-state index in [9.17, 15) is 9.59 Å². The van der Waals surface area contributed by atoms with Crippen molar-refractivity contribution in [3.05, 3.63) is 35.9 Å². The van der Waals surface area contributed by atoms with Crippen molar-refractivity contribution < 1.29 is 9.59 Å². The molecule has 1 aromatic rings. The minimum atomic E-state index is -0.156. The van der Waals surface area contributed by atoms with Crippen LogP contribution >= 0.6 is 0 Å². The van der Waals surface area contributed by atoms with E-state index in [2.05, 4.69) is 5.32 Å². The minimum absolute atomic E-state index is 0.0993. The van der Waals surface area contributed by atoms with Crippen molar-refractivity contribution in [2.24, 2.45) is 11.8 Å². The molecule has 1 aromatic carbocycles. The average Bonchev–Trinajstić information content (AvgIpc) is 2.48. The van der Waals surface area contributed by atoms with Crippen molar-refractivity contribution in [2.75, 3.05) is 0 Å². The molecule has 1 saturated carbocycles. The van der Waals surface area contributed by atoms with Gasteiger partial charge in [-0.1, -0.05) is 62.4 Å². The number of hydrogen-bond donors (Lipinski definition) is 1. The Balaban J connectivity index is 1.89. The zero-order valence-electron chi connectivity index (χ0n) is 11.7. The molecule has 106 valence electrons. The highest BCUT2D eigenvalue weighted by Gasteiger charge is 2.41. The lowest BCUT2D eigenvalue weighted by molar-refractivity contribution is -0.137. The summed E-state index contributed by atoms with van der Waals surface area (Å²) in [5.41, 5.74) is 1.05. The molecule has 3 heteroatoms. The molecule has 1 saturated heterocycles. The van der Waals surface area contributed by atoms with Crippen LogP contribution in [0.2, 0.25) is 0 Å². The maximum Gasteiger partial charge on any atom is 0.234 e. The van der Waals surface area contributed by atoms with Gasteiger partial charge in [0.1, 0.15) is 0 Å². The second-order valence-electron chi connectivity index (χ2n) is 6.07. The molecule has 2 unspecified atom stereocenters. The van der Waals surface area contributed by atoms with E-state index in [0.717, 1.165) is 18.4 Å². The number of amides is 2. The van der Waals surface area contributed by atoms with Gasteiger partial charge < -0.3 is 0 Å². The second kappa shape index (κ2) is 5.78. The molecule has 0 aromatic heterocycles. The molecule has 1 heterocycles. The Morgan fingerprint density at radius 3 is 2.35 bits per heavy atom. The molecular formula is C17H21NO2. The Bertz CT molecular complexity index is 491. The predicted octanol–water partition coefficient (Wildman–Crippen LogP) is 3.01. The van der Waals surface area contributed by atoms with Gasteiger partial charge in [0, 0.05) is 6.42 Å². The number of hydrogen-bond acceptors (Lipinski definition) is 2. The fraction of sp³-hybridized carbons (Fsp3) is 0.529. The third kappa shape index (κ3) is 2.62. The van der Waals surface area contributed by atoms with Crippen LogP contribution in [0, 0.1) is 11.8 Å². The Morgan fingerprint density at radius 2 is 1.65 bits per heavy atom. The molecular weight excluding hydrogens is 250 g/mol. The quantitative estimate of drug-likeness (QED) is 0.840. The molecule has 1 aliphatic carbocycles. The summed E-state index contributed by atoms with van der Waals surface area (Å²) in [5.74, 6) is 0.334. The normalized spacial score (nSPS) is 28.2. The molecule has 0 bridgehead atoms. The first-order chi connectivity index (χ1) is 9.75. The zero-order chi connectivity index (χ0) is 13.9. The van der Waals surface area contributed by atoms with Gasteiger partial charge >= 0.3 is 0 Å². The summed E-state index contributed by atoms with van der Waals surface area (Å²) in [7, 11) is 0. The number of rotatable bonds is 2. The highest BCUT2D eigenvalue weighted by Crippen LogP contribution is 2.41. The monoisotopic (exact) mass is 271 g/mol. The number of carbonyl (C=O) groups excluding carboxylic acids is 2. The number of piperidine rings is 1. The lowest BCUT2D eigenvalue weighted by atomic mass is 9.69. The third-order valence-electron chi connectivity index (χ3n) is 4.81. The highest BCUT2D eigenvalue weighted by atomic mass is 16.2. The first-order valence-electron chi connectivity index (χ1n) is 7.64. The van der Waals surface area contributed by atoms with E-state index in [1.54, 1.807) is 0 Å². The molecule has 0 radical (unpaired) electrons. The van der Waals surface area contributed by atoms with Crippen LogP contribution < -0.4 is 5.32 Å². The van der Waals surface area contributed by atoms with Gasteiger partial charge in [0.05, 0.1) is 5.92 Å². The van der Waals surface area contributed by atoms with Gasteiger partial charge in [-0.25, -0.2) is 0 Å². The zero-order valence-corrected chi connectivity index (χ0v) is 11.7. The fourth-order valence-corrected chi connectivity index (χ4v) is 3.85. The van der Waals surface area contributed by atoms with Gasteiger partial charge in [0.15, 0.2) is 0 Å². The first kappa shape index (κ1) is 13.3. The van der Waals surface area contributed by atoms with Crippen LogP contribution in [0.3, 0.4) is 0 Å². The van der Waals surface area contributed by atoms with Crippen LogP contribution in [0.15, 0.2) is 30.3 Å². The Kier molecular flexibility index (Phi) is 3.86. The lowest BCUT2D eigenvalue weighted by Crippen LogP contribution is -2.46. The van der Waals surface area contributed by atoms with Crippen LogP contribution in [0.5, 0.6) is 0 Å². The summed E-state index contributed by atoms with van der Waals surface area (Å²) in [4.78, 5) is 24.1. The Labute approximate surface area is 119 Å². The smallest absolute Gasteiger partial charge is 0.234 e. The molecule has 3 rings (SSSR count). The number of nitrogens with one attached hydrogen (secondary N) is 1. The summed E-state index contributed by atoms with van der Waals surface area (Å²) >= 11 is 0. The number of carbonyl (C=O) groups is 2. The van der Waals surface area contributed by atoms with Gasteiger partial charge in [-0.3, -0.25) is 14.9 Å². The van der Waals surface area contributed by atoms with E-state index < -0.39 is 0 Å². The maximum absolute atomic E-state index is 12.3. The summed E-state index contributed by atoms with van der Waals surface area (Å²) in [6.45, 7) is 0. The molecule has 3 nitrogen and oxygen atoms in total. The van der Waals surface area contributed by atoms with Crippen LogP contribution in [-0.2, 0) is 9.59 Å². The summed E-state index contributed by atoms with van der Waals surface area (Å²) in [6.07, 6.45) is 6.58. The average molecular weight is 271 g/mol. The Hall–Kier alpha value is -1.64. The van der Waals surface area contributed by atoms with Gasteiger partial charge in [-0.15, -0.1) is 0 Å². The molecule has 20 heavy (non-hydrogen) atoms. The third-order valence-corrected chi connectivity index (χ3v) is 4.81. The van der Waals surface area contributed by atoms with E-state index in [-0.39, 0.29) is 23.7 Å². The molecule has 2 aliphatic rings. The standard InChI is InChI=1S/C17H21NO2/c19-15-11-14(12-7-3-1-4-8-12)16(17(20)18-15)13-9-5-2-6-10-13/h2,5-6,9-10,12,14,16H,1,3-4,7-8,11H2,(H,18,19,20).